The SMILES string of the molecule is Cc1ccc(Cc2c(C(=O)N3CCCC(C(=O)O)C3)sc3ccccc23)cc1. The van der Waals surface area contributed by atoms with Gasteiger partial charge in [0.25, 0.3) is 5.91 Å². The van der Waals surface area contributed by atoms with Crippen LogP contribution < -0.4 is 0 Å². The molecule has 1 amide bonds. The zero-order chi connectivity index (χ0) is 19.7. The van der Waals surface area contributed by atoms with Crippen molar-refractivity contribution >= 4 is 33.3 Å². The van der Waals surface area contributed by atoms with Crippen LogP contribution in [0.15, 0.2) is 48.5 Å². The number of fused-ring (bicyclic) bond motifs is 1. The molecule has 3 aromatic rings. The Kier molecular flexibility index (Phi) is 5.18. The van der Waals surface area contributed by atoms with Crippen molar-refractivity contribution in [3.05, 3.63) is 70.1 Å². The Labute approximate surface area is 168 Å². The summed E-state index contributed by atoms with van der Waals surface area (Å²) in [6.07, 6.45) is 2.07. The van der Waals surface area contributed by atoms with Gasteiger partial charge in [-0.2, -0.15) is 0 Å². The van der Waals surface area contributed by atoms with Gasteiger partial charge >= 0.3 is 5.97 Å². The third kappa shape index (κ3) is 3.67. The number of piperidine rings is 1. The van der Waals surface area contributed by atoms with Crippen LogP contribution in [0, 0.1) is 12.8 Å². The molecule has 0 saturated carbocycles. The van der Waals surface area contributed by atoms with Gasteiger partial charge in [0.1, 0.15) is 0 Å². The number of carbonyl (C=O) groups excluding carboxylic acids is 1. The highest BCUT2D eigenvalue weighted by Crippen LogP contribution is 2.34. The van der Waals surface area contributed by atoms with Gasteiger partial charge in [-0.1, -0.05) is 48.0 Å². The van der Waals surface area contributed by atoms with Gasteiger partial charge in [0, 0.05) is 17.8 Å². The molecule has 2 heterocycles. The van der Waals surface area contributed by atoms with Crippen LogP contribution in [-0.2, 0) is 11.2 Å². The molecular formula is C23H23NO3S. The predicted molar refractivity (Wildman–Crippen MR) is 112 cm³/mol. The van der Waals surface area contributed by atoms with Gasteiger partial charge in [-0.15, -0.1) is 11.3 Å². The Hall–Kier alpha value is -2.66. The summed E-state index contributed by atoms with van der Waals surface area (Å²) in [5, 5.41) is 10.5. The van der Waals surface area contributed by atoms with Gasteiger partial charge in [0.2, 0.25) is 0 Å². The number of amides is 1. The van der Waals surface area contributed by atoms with Crippen molar-refractivity contribution in [3.8, 4) is 0 Å². The molecule has 5 heteroatoms. The van der Waals surface area contributed by atoms with E-state index in [0.717, 1.165) is 26.9 Å². The quantitative estimate of drug-likeness (QED) is 0.697. The number of thiophene rings is 1. The van der Waals surface area contributed by atoms with Crippen LogP contribution in [-0.4, -0.2) is 35.0 Å². The molecule has 1 unspecified atom stereocenters. The molecule has 1 fully saturated rings. The average molecular weight is 394 g/mol. The molecule has 1 aliphatic rings. The van der Waals surface area contributed by atoms with Crippen molar-refractivity contribution in [2.45, 2.75) is 26.2 Å². The third-order valence-electron chi connectivity index (χ3n) is 5.45. The minimum absolute atomic E-state index is 0.0331. The predicted octanol–water partition coefficient (Wildman–Crippen LogP) is 4.74. The van der Waals surface area contributed by atoms with Crippen LogP contribution in [0.3, 0.4) is 0 Å². The lowest BCUT2D eigenvalue weighted by Gasteiger charge is -2.30. The molecule has 144 valence electrons. The lowest BCUT2D eigenvalue weighted by molar-refractivity contribution is -0.143. The van der Waals surface area contributed by atoms with E-state index in [1.807, 2.05) is 18.2 Å². The zero-order valence-electron chi connectivity index (χ0n) is 15.9. The number of carbonyl (C=O) groups is 2. The molecule has 1 saturated heterocycles. The topological polar surface area (TPSA) is 57.6 Å². The van der Waals surface area contributed by atoms with Gasteiger partial charge in [0.05, 0.1) is 10.8 Å². The molecule has 28 heavy (non-hydrogen) atoms. The minimum Gasteiger partial charge on any atom is -0.481 e. The van der Waals surface area contributed by atoms with Gasteiger partial charge in [0.15, 0.2) is 0 Å². The highest BCUT2D eigenvalue weighted by atomic mass is 32.1. The molecule has 1 aliphatic heterocycles. The average Bonchev–Trinajstić information content (AvgIpc) is 3.07. The lowest BCUT2D eigenvalue weighted by atomic mass is 9.97. The fourth-order valence-corrected chi connectivity index (χ4v) is 5.05. The monoisotopic (exact) mass is 393 g/mol. The zero-order valence-corrected chi connectivity index (χ0v) is 16.7. The second-order valence-corrected chi connectivity index (χ2v) is 8.55. The molecule has 1 aromatic heterocycles. The number of aliphatic carboxylic acids is 1. The number of carboxylic acid groups (broad SMARTS) is 1. The number of benzene rings is 2. The van der Waals surface area contributed by atoms with E-state index in [1.165, 1.54) is 22.5 Å². The van der Waals surface area contributed by atoms with E-state index in [2.05, 4.69) is 37.3 Å². The minimum atomic E-state index is -0.811. The second kappa shape index (κ2) is 7.76. The molecule has 0 aliphatic carbocycles. The molecule has 0 spiro atoms. The van der Waals surface area contributed by atoms with E-state index in [0.29, 0.717) is 25.9 Å². The highest BCUT2D eigenvalue weighted by Gasteiger charge is 2.30. The third-order valence-corrected chi connectivity index (χ3v) is 6.65. The van der Waals surface area contributed by atoms with E-state index in [9.17, 15) is 14.7 Å². The lowest BCUT2D eigenvalue weighted by Crippen LogP contribution is -2.42. The summed E-state index contributed by atoms with van der Waals surface area (Å²) in [7, 11) is 0. The van der Waals surface area contributed by atoms with E-state index in [1.54, 1.807) is 4.90 Å². The molecule has 1 atom stereocenters. The summed E-state index contributed by atoms with van der Waals surface area (Å²) in [5.41, 5.74) is 3.43. The molecule has 1 N–H and O–H groups in total. The number of rotatable bonds is 4. The van der Waals surface area contributed by atoms with Crippen molar-refractivity contribution in [2.24, 2.45) is 5.92 Å². The molecule has 4 nitrogen and oxygen atoms in total. The van der Waals surface area contributed by atoms with Gasteiger partial charge in [-0.25, -0.2) is 0 Å². The summed E-state index contributed by atoms with van der Waals surface area (Å²) in [6.45, 7) is 2.99. The molecular weight excluding hydrogens is 370 g/mol. The first-order chi connectivity index (χ1) is 13.5. The smallest absolute Gasteiger partial charge is 0.308 e. The first kappa shape index (κ1) is 18.7. The maximum absolute atomic E-state index is 13.3. The first-order valence-corrected chi connectivity index (χ1v) is 10.4. The van der Waals surface area contributed by atoms with Gasteiger partial charge in [-0.05, 0) is 48.8 Å². The highest BCUT2D eigenvalue weighted by molar-refractivity contribution is 7.21. The van der Waals surface area contributed by atoms with Crippen LogP contribution in [0.4, 0.5) is 0 Å². The summed E-state index contributed by atoms with van der Waals surface area (Å²) >= 11 is 1.52. The van der Waals surface area contributed by atoms with E-state index < -0.39 is 11.9 Å². The van der Waals surface area contributed by atoms with Crippen LogP contribution in [0.1, 0.15) is 39.2 Å². The van der Waals surface area contributed by atoms with Crippen LogP contribution in [0.5, 0.6) is 0 Å². The van der Waals surface area contributed by atoms with Crippen molar-refractivity contribution in [3.63, 3.8) is 0 Å². The summed E-state index contributed by atoms with van der Waals surface area (Å²) in [6, 6.07) is 16.5. The van der Waals surface area contributed by atoms with Gasteiger partial charge < -0.3 is 10.0 Å². The second-order valence-electron chi connectivity index (χ2n) is 7.50. The van der Waals surface area contributed by atoms with Gasteiger partial charge in [-0.3, -0.25) is 9.59 Å². The fourth-order valence-electron chi connectivity index (χ4n) is 3.86. The Balaban J connectivity index is 1.70. The number of carboxylic acids is 1. The summed E-state index contributed by atoms with van der Waals surface area (Å²) in [5.74, 6) is -1.31. The fraction of sp³-hybridized carbons (Fsp3) is 0.304. The molecule has 0 bridgehead atoms. The Morgan fingerprint density at radius 3 is 2.64 bits per heavy atom. The number of hydrogen-bond acceptors (Lipinski definition) is 3. The number of nitrogens with zero attached hydrogens (tertiary/aromatic N) is 1. The van der Waals surface area contributed by atoms with Crippen LogP contribution in [0.25, 0.3) is 10.1 Å². The molecule has 2 aromatic carbocycles. The van der Waals surface area contributed by atoms with E-state index in [-0.39, 0.29) is 5.91 Å². The number of hydrogen-bond donors (Lipinski definition) is 1. The molecule has 0 radical (unpaired) electrons. The van der Waals surface area contributed by atoms with Crippen molar-refractivity contribution in [2.75, 3.05) is 13.1 Å². The number of aryl methyl sites for hydroxylation is 1. The van der Waals surface area contributed by atoms with Crippen molar-refractivity contribution in [1.82, 2.24) is 4.90 Å². The normalized spacial score (nSPS) is 17.0. The Bertz CT molecular complexity index is 1020. The number of likely N-dealkylation sites (tertiary alicyclic amines) is 1. The van der Waals surface area contributed by atoms with Crippen LogP contribution in [0.2, 0.25) is 0 Å². The van der Waals surface area contributed by atoms with Crippen molar-refractivity contribution in [1.29, 1.82) is 0 Å². The van der Waals surface area contributed by atoms with Crippen molar-refractivity contribution < 1.29 is 14.7 Å². The Morgan fingerprint density at radius 2 is 1.89 bits per heavy atom. The largest absolute Gasteiger partial charge is 0.481 e. The summed E-state index contributed by atoms with van der Waals surface area (Å²) in [4.78, 5) is 27.2. The van der Waals surface area contributed by atoms with E-state index in [4.69, 9.17) is 0 Å². The Morgan fingerprint density at radius 1 is 1.14 bits per heavy atom. The standard InChI is InChI=1S/C23H23NO3S/c1-15-8-10-16(11-9-15)13-19-18-6-2-3-7-20(18)28-21(19)22(25)24-12-4-5-17(14-24)23(26)27/h2-3,6-11,17H,4-5,12-14H2,1H3,(H,26,27). The van der Waals surface area contributed by atoms with Crippen LogP contribution >= 0.6 is 11.3 Å². The first-order valence-electron chi connectivity index (χ1n) is 9.61. The summed E-state index contributed by atoms with van der Waals surface area (Å²) < 4.78 is 1.10. The van der Waals surface area contributed by atoms with E-state index >= 15 is 0 Å². The maximum Gasteiger partial charge on any atom is 0.308 e. The maximum atomic E-state index is 13.3. The molecule has 4 rings (SSSR count).